The van der Waals surface area contributed by atoms with E-state index in [1.807, 2.05) is 4.90 Å². The zero-order chi connectivity index (χ0) is 20.8. The highest BCUT2D eigenvalue weighted by molar-refractivity contribution is 7.91. The van der Waals surface area contributed by atoms with Gasteiger partial charge in [-0.05, 0) is 44.4 Å². The zero-order valence-corrected chi connectivity index (χ0v) is 16.9. The molecular weight excluding hydrogens is 398 g/mol. The molecule has 2 amide bonds. The quantitative estimate of drug-likeness (QED) is 0.677. The minimum atomic E-state index is -3.15. The molecule has 156 valence electrons. The van der Waals surface area contributed by atoms with Gasteiger partial charge in [0, 0.05) is 6.54 Å². The molecule has 0 unspecified atom stereocenters. The van der Waals surface area contributed by atoms with Gasteiger partial charge < -0.3 is 20.3 Å². The van der Waals surface area contributed by atoms with Crippen molar-refractivity contribution in [3.05, 3.63) is 23.8 Å². The van der Waals surface area contributed by atoms with Gasteiger partial charge >= 0.3 is 5.97 Å². The first kappa shape index (κ1) is 19.7. The van der Waals surface area contributed by atoms with Crippen LogP contribution in [0.2, 0.25) is 0 Å². The van der Waals surface area contributed by atoms with Gasteiger partial charge in [0.1, 0.15) is 6.04 Å². The van der Waals surface area contributed by atoms with Crippen LogP contribution in [-0.4, -0.2) is 62.4 Å². The molecule has 0 radical (unpaired) electrons. The highest BCUT2D eigenvalue weighted by Crippen LogP contribution is 2.37. The number of hydrogen-bond acceptors (Lipinski definition) is 7. The SMILES string of the molecule is C[C@@]1(NC(=O)COC(=O)c2ccc3c(c2)NC(=O)[C@@H]2CCCN32)CCS(=O)(=O)C1. The number of esters is 1. The van der Waals surface area contributed by atoms with E-state index in [9.17, 15) is 22.8 Å². The normalized spacial score (nSPS) is 27.0. The minimum absolute atomic E-state index is 0.0300. The molecule has 2 N–H and O–H groups in total. The molecule has 3 aliphatic rings. The Morgan fingerprint density at radius 3 is 2.90 bits per heavy atom. The van der Waals surface area contributed by atoms with Crippen LogP contribution in [0.25, 0.3) is 0 Å². The molecular formula is C19H23N3O6S. The molecule has 2 fully saturated rings. The highest BCUT2D eigenvalue weighted by atomic mass is 32.2. The molecule has 3 heterocycles. The maximum Gasteiger partial charge on any atom is 0.338 e. The molecule has 29 heavy (non-hydrogen) atoms. The van der Waals surface area contributed by atoms with E-state index in [0.717, 1.165) is 25.1 Å². The average molecular weight is 421 g/mol. The molecule has 2 saturated heterocycles. The first-order valence-electron chi connectivity index (χ1n) is 9.56. The van der Waals surface area contributed by atoms with Crippen molar-refractivity contribution in [2.45, 2.75) is 37.8 Å². The predicted molar refractivity (Wildman–Crippen MR) is 106 cm³/mol. The summed E-state index contributed by atoms with van der Waals surface area (Å²) in [5, 5.41) is 5.47. The van der Waals surface area contributed by atoms with Crippen molar-refractivity contribution in [2.24, 2.45) is 0 Å². The fourth-order valence-corrected chi connectivity index (χ4v) is 6.35. The number of fused-ring (bicyclic) bond motifs is 3. The van der Waals surface area contributed by atoms with E-state index in [-0.39, 0.29) is 29.0 Å². The molecule has 9 nitrogen and oxygen atoms in total. The van der Waals surface area contributed by atoms with E-state index in [4.69, 9.17) is 4.74 Å². The molecule has 1 aromatic carbocycles. The Morgan fingerprint density at radius 1 is 1.38 bits per heavy atom. The Labute approximate surface area is 168 Å². The second kappa shape index (κ2) is 7.01. The molecule has 0 aromatic heterocycles. The monoisotopic (exact) mass is 421 g/mol. The molecule has 3 aliphatic heterocycles. The van der Waals surface area contributed by atoms with Gasteiger partial charge in [0.15, 0.2) is 16.4 Å². The number of hydrogen-bond donors (Lipinski definition) is 2. The second-order valence-corrected chi connectivity index (χ2v) is 10.3. The Balaban J connectivity index is 1.38. The van der Waals surface area contributed by atoms with E-state index in [1.54, 1.807) is 25.1 Å². The predicted octanol–water partition coefficient (Wildman–Crippen LogP) is 0.458. The lowest BCUT2D eigenvalue weighted by Crippen LogP contribution is -2.48. The molecule has 0 spiro atoms. The van der Waals surface area contributed by atoms with E-state index >= 15 is 0 Å². The van der Waals surface area contributed by atoms with Crippen LogP contribution in [0.5, 0.6) is 0 Å². The van der Waals surface area contributed by atoms with Crippen LogP contribution in [0.4, 0.5) is 11.4 Å². The standard InChI is InChI=1S/C19H23N3O6S/c1-19(6-8-29(26,27)11-19)21-16(23)10-28-18(25)12-4-5-14-13(9-12)20-17(24)15-3-2-7-22(14)15/h4-5,9,15H,2-3,6-8,10-11H2,1H3,(H,20,24)(H,21,23)/t15-,19+/m0/s1. The third-order valence-electron chi connectivity index (χ3n) is 5.63. The molecule has 0 aliphatic carbocycles. The number of rotatable bonds is 4. The van der Waals surface area contributed by atoms with Crippen LogP contribution in [0.1, 0.15) is 36.5 Å². The van der Waals surface area contributed by atoms with Crippen molar-refractivity contribution in [1.29, 1.82) is 0 Å². The maximum atomic E-state index is 12.3. The lowest BCUT2D eigenvalue weighted by Gasteiger charge is -2.33. The number of benzene rings is 1. The fourth-order valence-electron chi connectivity index (χ4n) is 4.25. The van der Waals surface area contributed by atoms with Crippen LogP contribution >= 0.6 is 0 Å². The number of amides is 2. The summed E-state index contributed by atoms with van der Waals surface area (Å²) < 4.78 is 28.3. The first-order chi connectivity index (χ1) is 13.7. The molecule has 4 rings (SSSR count). The fraction of sp³-hybridized carbons (Fsp3) is 0.526. The summed E-state index contributed by atoms with van der Waals surface area (Å²) in [5.41, 5.74) is 0.807. The van der Waals surface area contributed by atoms with Crippen LogP contribution in [0.15, 0.2) is 18.2 Å². The number of carbonyl (C=O) groups excluding carboxylic acids is 3. The van der Waals surface area contributed by atoms with E-state index in [0.29, 0.717) is 12.1 Å². The summed E-state index contributed by atoms with van der Waals surface area (Å²) in [5.74, 6) is -1.42. The third-order valence-corrected chi connectivity index (χ3v) is 7.54. The Kier molecular flexibility index (Phi) is 4.76. The van der Waals surface area contributed by atoms with Gasteiger partial charge in [-0.15, -0.1) is 0 Å². The number of carbonyl (C=O) groups is 3. The summed E-state index contributed by atoms with van der Waals surface area (Å²) in [6, 6.07) is 4.77. The van der Waals surface area contributed by atoms with E-state index in [1.165, 1.54) is 0 Å². The number of nitrogens with zero attached hydrogens (tertiary/aromatic N) is 1. The maximum absolute atomic E-state index is 12.3. The Bertz CT molecular complexity index is 992. The van der Waals surface area contributed by atoms with Crippen LogP contribution < -0.4 is 15.5 Å². The summed E-state index contributed by atoms with van der Waals surface area (Å²) in [7, 11) is -3.15. The molecule has 0 saturated carbocycles. The van der Waals surface area contributed by atoms with Crippen LogP contribution in [0, 0.1) is 0 Å². The van der Waals surface area contributed by atoms with Gasteiger partial charge in [-0.25, -0.2) is 13.2 Å². The van der Waals surface area contributed by atoms with Gasteiger partial charge in [-0.2, -0.15) is 0 Å². The molecule has 1 aromatic rings. The van der Waals surface area contributed by atoms with Crippen molar-refractivity contribution in [1.82, 2.24) is 5.32 Å². The Hall–Kier alpha value is -2.62. The van der Waals surface area contributed by atoms with E-state index < -0.39 is 33.9 Å². The van der Waals surface area contributed by atoms with Crippen LogP contribution in [0.3, 0.4) is 0 Å². The van der Waals surface area contributed by atoms with Crippen molar-refractivity contribution in [3.8, 4) is 0 Å². The number of nitrogens with one attached hydrogen (secondary N) is 2. The molecule has 10 heteroatoms. The number of sulfone groups is 1. The average Bonchev–Trinajstić information content (AvgIpc) is 3.24. The molecule has 0 bridgehead atoms. The lowest BCUT2D eigenvalue weighted by atomic mass is 10.0. The minimum Gasteiger partial charge on any atom is -0.452 e. The van der Waals surface area contributed by atoms with Gasteiger partial charge in [0.25, 0.3) is 5.91 Å². The van der Waals surface area contributed by atoms with Gasteiger partial charge in [0.05, 0.1) is 34.0 Å². The largest absolute Gasteiger partial charge is 0.452 e. The number of ether oxygens (including phenoxy) is 1. The summed E-state index contributed by atoms with van der Waals surface area (Å²) in [6.07, 6.45) is 2.08. The van der Waals surface area contributed by atoms with Gasteiger partial charge in [-0.1, -0.05) is 0 Å². The highest BCUT2D eigenvalue weighted by Gasteiger charge is 2.39. The number of anilines is 2. The van der Waals surface area contributed by atoms with Crippen molar-refractivity contribution in [3.63, 3.8) is 0 Å². The summed E-state index contributed by atoms with van der Waals surface area (Å²) >= 11 is 0. The van der Waals surface area contributed by atoms with E-state index in [2.05, 4.69) is 10.6 Å². The zero-order valence-electron chi connectivity index (χ0n) is 16.1. The molecule has 2 atom stereocenters. The summed E-state index contributed by atoms with van der Waals surface area (Å²) in [6.45, 7) is 1.95. The first-order valence-corrected chi connectivity index (χ1v) is 11.4. The summed E-state index contributed by atoms with van der Waals surface area (Å²) in [4.78, 5) is 38.7. The Morgan fingerprint density at radius 2 is 2.17 bits per heavy atom. The van der Waals surface area contributed by atoms with Crippen molar-refractivity contribution in [2.75, 3.05) is 34.9 Å². The van der Waals surface area contributed by atoms with Gasteiger partial charge in [0.2, 0.25) is 5.91 Å². The third kappa shape index (κ3) is 3.93. The van der Waals surface area contributed by atoms with Crippen LogP contribution in [-0.2, 0) is 24.2 Å². The van der Waals surface area contributed by atoms with Crippen molar-refractivity contribution >= 4 is 39.0 Å². The lowest BCUT2D eigenvalue weighted by molar-refractivity contribution is -0.125. The second-order valence-electron chi connectivity index (χ2n) is 8.10. The topological polar surface area (TPSA) is 122 Å². The smallest absolute Gasteiger partial charge is 0.338 e. The van der Waals surface area contributed by atoms with Crippen molar-refractivity contribution < 1.29 is 27.5 Å². The van der Waals surface area contributed by atoms with Gasteiger partial charge in [-0.3, -0.25) is 9.59 Å².